The summed E-state index contributed by atoms with van der Waals surface area (Å²) in [5, 5.41) is 3.59. The summed E-state index contributed by atoms with van der Waals surface area (Å²) in [6.07, 6.45) is 8.89. The summed E-state index contributed by atoms with van der Waals surface area (Å²) >= 11 is 0. The Hall–Kier alpha value is -0.520. The molecular formula is C15H27NO. The van der Waals surface area contributed by atoms with Gasteiger partial charge in [0.05, 0.1) is 6.10 Å². The monoisotopic (exact) mass is 237 g/mol. The first kappa shape index (κ1) is 14.5. The molecular weight excluding hydrogens is 210 g/mol. The van der Waals surface area contributed by atoms with Crippen LogP contribution in [0.25, 0.3) is 0 Å². The van der Waals surface area contributed by atoms with E-state index in [2.05, 4.69) is 24.1 Å². The topological polar surface area (TPSA) is 21.3 Å². The second-order valence-corrected chi connectivity index (χ2v) is 4.85. The van der Waals surface area contributed by atoms with Gasteiger partial charge in [-0.25, -0.2) is 0 Å². The van der Waals surface area contributed by atoms with Crippen molar-refractivity contribution in [2.45, 2.75) is 70.9 Å². The van der Waals surface area contributed by atoms with Gasteiger partial charge in [0.1, 0.15) is 0 Å². The van der Waals surface area contributed by atoms with E-state index in [4.69, 9.17) is 4.74 Å². The summed E-state index contributed by atoms with van der Waals surface area (Å²) in [5.41, 5.74) is 0. The van der Waals surface area contributed by atoms with Crippen LogP contribution in [0.15, 0.2) is 0 Å². The maximum Gasteiger partial charge on any atom is 0.0575 e. The Morgan fingerprint density at radius 2 is 2.29 bits per heavy atom. The summed E-state index contributed by atoms with van der Waals surface area (Å²) in [5.74, 6) is 6.18. The molecule has 0 aromatic carbocycles. The molecule has 2 heteroatoms. The molecule has 1 saturated heterocycles. The molecule has 0 saturated carbocycles. The molecule has 1 rings (SSSR count). The van der Waals surface area contributed by atoms with E-state index < -0.39 is 0 Å². The van der Waals surface area contributed by atoms with Crippen LogP contribution in [-0.4, -0.2) is 25.3 Å². The molecule has 1 heterocycles. The second-order valence-electron chi connectivity index (χ2n) is 4.85. The van der Waals surface area contributed by atoms with E-state index in [0.717, 1.165) is 19.6 Å². The Labute approximate surface area is 107 Å². The van der Waals surface area contributed by atoms with E-state index in [1.165, 1.54) is 38.5 Å². The summed E-state index contributed by atoms with van der Waals surface area (Å²) in [7, 11) is 0. The van der Waals surface area contributed by atoms with Crippen molar-refractivity contribution in [1.29, 1.82) is 0 Å². The molecule has 2 nitrogen and oxygen atoms in total. The lowest BCUT2D eigenvalue weighted by Gasteiger charge is -2.24. The van der Waals surface area contributed by atoms with Crippen LogP contribution >= 0.6 is 0 Å². The first-order chi connectivity index (χ1) is 8.36. The third-order valence-corrected chi connectivity index (χ3v) is 3.32. The van der Waals surface area contributed by atoms with E-state index >= 15 is 0 Å². The van der Waals surface area contributed by atoms with Crippen molar-refractivity contribution in [1.82, 2.24) is 5.32 Å². The van der Waals surface area contributed by atoms with Crippen LogP contribution < -0.4 is 5.32 Å². The number of rotatable bonds is 7. The van der Waals surface area contributed by atoms with E-state index in [9.17, 15) is 0 Å². The molecule has 98 valence electrons. The van der Waals surface area contributed by atoms with Gasteiger partial charge in [0.2, 0.25) is 0 Å². The Bertz CT molecular complexity index is 235. The van der Waals surface area contributed by atoms with Gasteiger partial charge in [0.25, 0.3) is 0 Å². The van der Waals surface area contributed by atoms with Crippen LogP contribution in [0.2, 0.25) is 0 Å². The first-order valence-electron chi connectivity index (χ1n) is 7.11. The fourth-order valence-electron chi connectivity index (χ4n) is 2.27. The van der Waals surface area contributed by atoms with Crippen molar-refractivity contribution < 1.29 is 4.74 Å². The summed E-state index contributed by atoms with van der Waals surface area (Å²) in [6, 6.07) is 0.549. The molecule has 17 heavy (non-hydrogen) atoms. The van der Waals surface area contributed by atoms with Gasteiger partial charge >= 0.3 is 0 Å². The molecule has 0 aromatic heterocycles. The molecule has 2 unspecified atom stereocenters. The number of nitrogens with one attached hydrogen (secondary N) is 1. The van der Waals surface area contributed by atoms with Crippen LogP contribution in [0, 0.1) is 11.8 Å². The van der Waals surface area contributed by atoms with Crippen molar-refractivity contribution in [3.8, 4) is 11.8 Å². The zero-order chi connectivity index (χ0) is 12.3. The highest BCUT2D eigenvalue weighted by Crippen LogP contribution is 2.18. The molecule has 0 bridgehead atoms. The highest BCUT2D eigenvalue weighted by Gasteiger charge is 2.15. The van der Waals surface area contributed by atoms with Crippen molar-refractivity contribution in [2.24, 2.45) is 0 Å². The quantitative estimate of drug-likeness (QED) is 0.687. The Morgan fingerprint density at radius 1 is 1.41 bits per heavy atom. The molecule has 1 aliphatic heterocycles. The maximum atomic E-state index is 5.77. The predicted molar refractivity (Wildman–Crippen MR) is 73.0 cm³/mol. The van der Waals surface area contributed by atoms with Crippen molar-refractivity contribution in [2.75, 3.05) is 13.2 Å². The molecule has 1 fully saturated rings. The minimum atomic E-state index is 0.504. The standard InChI is InChI=1S/C15H27NO/c1-3-5-8-14(16-12-4-2)10-11-15-9-6-7-13-17-15/h14-16H,4,6-13H2,1-2H3. The zero-order valence-electron chi connectivity index (χ0n) is 11.4. The van der Waals surface area contributed by atoms with Crippen molar-refractivity contribution in [3.05, 3.63) is 0 Å². The molecule has 0 radical (unpaired) electrons. The fraction of sp³-hybridized carbons (Fsp3) is 0.867. The smallest absolute Gasteiger partial charge is 0.0575 e. The van der Waals surface area contributed by atoms with E-state index in [1.807, 2.05) is 6.92 Å². The van der Waals surface area contributed by atoms with Crippen LogP contribution in [0.4, 0.5) is 0 Å². The van der Waals surface area contributed by atoms with E-state index in [1.54, 1.807) is 0 Å². The van der Waals surface area contributed by atoms with Gasteiger partial charge in [0.15, 0.2) is 0 Å². The lowest BCUT2D eigenvalue weighted by atomic mass is 10.00. The second kappa shape index (κ2) is 9.50. The largest absolute Gasteiger partial charge is 0.378 e. The van der Waals surface area contributed by atoms with E-state index in [0.29, 0.717) is 12.1 Å². The van der Waals surface area contributed by atoms with Gasteiger partial charge < -0.3 is 10.1 Å². The Balaban J connectivity index is 2.22. The van der Waals surface area contributed by atoms with Crippen LogP contribution in [0.3, 0.4) is 0 Å². The van der Waals surface area contributed by atoms with Gasteiger partial charge in [-0.3, -0.25) is 0 Å². The molecule has 0 aliphatic carbocycles. The number of hydrogen-bond donors (Lipinski definition) is 1. The molecule has 2 atom stereocenters. The van der Waals surface area contributed by atoms with Gasteiger partial charge in [-0.1, -0.05) is 6.92 Å². The number of ether oxygens (including phenoxy) is 1. The maximum absolute atomic E-state index is 5.77. The SMILES string of the molecule is CC#CCC(CCC1CCCCO1)NCCC. The van der Waals surface area contributed by atoms with Gasteiger partial charge in [-0.15, -0.1) is 11.8 Å². The van der Waals surface area contributed by atoms with Gasteiger partial charge in [-0.05, 0) is 52.0 Å². The lowest BCUT2D eigenvalue weighted by molar-refractivity contribution is 0.00866. The molecule has 1 aliphatic rings. The molecule has 0 amide bonds. The Kier molecular flexibility index (Phi) is 8.13. The minimum Gasteiger partial charge on any atom is -0.378 e. The summed E-state index contributed by atoms with van der Waals surface area (Å²) < 4.78 is 5.77. The number of hydrogen-bond acceptors (Lipinski definition) is 2. The fourth-order valence-corrected chi connectivity index (χ4v) is 2.27. The summed E-state index contributed by atoms with van der Waals surface area (Å²) in [6.45, 7) is 6.19. The average Bonchev–Trinajstić information content (AvgIpc) is 2.39. The molecule has 0 aromatic rings. The zero-order valence-corrected chi connectivity index (χ0v) is 11.4. The van der Waals surface area contributed by atoms with Gasteiger partial charge in [-0.2, -0.15) is 0 Å². The lowest BCUT2D eigenvalue weighted by Crippen LogP contribution is -2.31. The third-order valence-electron chi connectivity index (χ3n) is 3.32. The van der Waals surface area contributed by atoms with Crippen molar-refractivity contribution in [3.63, 3.8) is 0 Å². The average molecular weight is 237 g/mol. The van der Waals surface area contributed by atoms with Crippen molar-refractivity contribution >= 4 is 0 Å². The van der Waals surface area contributed by atoms with Gasteiger partial charge in [0, 0.05) is 19.1 Å². The Morgan fingerprint density at radius 3 is 2.94 bits per heavy atom. The van der Waals surface area contributed by atoms with Crippen LogP contribution in [-0.2, 0) is 4.74 Å². The highest BCUT2D eigenvalue weighted by molar-refractivity contribution is 4.98. The highest BCUT2D eigenvalue weighted by atomic mass is 16.5. The molecule has 1 N–H and O–H groups in total. The summed E-state index contributed by atoms with van der Waals surface area (Å²) in [4.78, 5) is 0. The molecule has 0 spiro atoms. The minimum absolute atomic E-state index is 0.504. The first-order valence-corrected chi connectivity index (χ1v) is 7.11. The van der Waals surface area contributed by atoms with Crippen LogP contribution in [0.1, 0.15) is 58.8 Å². The van der Waals surface area contributed by atoms with Crippen LogP contribution in [0.5, 0.6) is 0 Å². The normalized spacial score (nSPS) is 21.6. The van der Waals surface area contributed by atoms with E-state index in [-0.39, 0.29) is 0 Å². The third kappa shape index (κ3) is 6.71. The predicted octanol–water partition coefficient (Wildman–Crippen LogP) is 3.12.